The van der Waals surface area contributed by atoms with Crippen LogP contribution in [0.3, 0.4) is 0 Å². The highest BCUT2D eigenvalue weighted by Crippen LogP contribution is 2.51. The Balaban J connectivity index is 1.98. The summed E-state index contributed by atoms with van der Waals surface area (Å²) in [6.45, 7) is 3.20. The fourth-order valence-electron chi connectivity index (χ4n) is 3.93. The van der Waals surface area contributed by atoms with Crippen LogP contribution in [0.5, 0.6) is 0 Å². The van der Waals surface area contributed by atoms with Gasteiger partial charge in [0.2, 0.25) is 0 Å². The van der Waals surface area contributed by atoms with Crippen LogP contribution < -0.4 is 4.48 Å². The summed E-state index contributed by atoms with van der Waals surface area (Å²) in [7, 11) is 4.04. The van der Waals surface area contributed by atoms with Gasteiger partial charge in [-0.15, -0.1) is 0 Å². The highest BCUT2D eigenvalue weighted by Gasteiger charge is 2.51. The molecule has 1 N–H and O–H groups in total. The number of rotatable bonds is 1. The van der Waals surface area contributed by atoms with Gasteiger partial charge in [0.15, 0.2) is 11.6 Å². The number of hydrogen-bond donors (Lipinski definition) is 1. The molecule has 5 heteroatoms. The van der Waals surface area contributed by atoms with E-state index in [9.17, 15) is 9.90 Å². The second-order valence-electron chi connectivity index (χ2n) is 7.28. The van der Waals surface area contributed by atoms with Gasteiger partial charge in [0.25, 0.3) is 11.7 Å². The van der Waals surface area contributed by atoms with Gasteiger partial charge >= 0.3 is 5.97 Å². The number of benzene rings is 2. The molecular formula is C19H20NO4+. The standard InChI is InChI=1S/C19H19NO4/c1-19(2)23-17(21)15(18(22)24-19)16-12-9-5-7-11-8-6-10-13(14(11)12)20(16,3)4/h5-10,16H,1-4H3/p+1. The Labute approximate surface area is 140 Å². The molecule has 2 aliphatic heterocycles. The lowest BCUT2D eigenvalue weighted by atomic mass is 9.96. The summed E-state index contributed by atoms with van der Waals surface area (Å²) in [6, 6.07) is 11.8. The molecule has 1 atom stereocenters. The maximum atomic E-state index is 12.6. The van der Waals surface area contributed by atoms with Crippen molar-refractivity contribution in [3.8, 4) is 0 Å². The van der Waals surface area contributed by atoms with Crippen LogP contribution in [0.2, 0.25) is 0 Å². The molecule has 0 saturated carbocycles. The minimum absolute atomic E-state index is 0.169. The second-order valence-corrected chi connectivity index (χ2v) is 7.28. The molecular weight excluding hydrogens is 306 g/mol. The SMILES string of the molecule is CC1(C)OC(=O)C(C2c3cccc4cccc(c34)[N+]2(C)C)=C(O)O1. The van der Waals surface area contributed by atoms with Crippen molar-refractivity contribution in [2.75, 3.05) is 14.1 Å². The van der Waals surface area contributed by atoms with Gasteiger partial charge in [-0.2, -0.15) is 0 Å². The first-order valence-corrected chi connectivity index (χ1v) is 7.94. The molecule has 0 aliphatic carbocycles. The summed E-state index contributed by atoms with van der Waals surface area (Å²) in [5, 5.41) is 12.7. The number of carbonyl (C=O) groups is 1. The molecule has 2 aliphatic rings. The first kappa shape index (κ1) is 15.0. The molecule has 0 saturated heterocycles. The fourth-order valence-corrected chi connectivity index (χ4v) is 3.93. The van der Waals surface area contributed by atoms with Crippen LogP contribution in [-0.4, -0.2) is 31.0 Å². The van der Waals surface area contributed by atoms with Crippen molar-refractivity contribution >= 4 is 22.4 Å². The van der Waals surface area contributed by atoms with Crippen LogP contribution in [0.15, 0.2) is 47.9 Å². The minimum atomic E-state index is -1.17. The van der Waals surface area contributed by atoms with E-state index in [2.05, 4.69) is 18.2 Å². The molecule has 0 amide bonds. The summed E-state index contributed by atoms with van der Waals surface area (Å²) < 4.78 is 11.2. The molecule has 0 spiro atoms. The van der Waals surface area contributed by atoms with E-state index in [-0.39, 0.29) is 17.6 Å². The van der Waals surface area contributed by atoms with Crippen LogP contribution in [0, 0.1) is 0 Å². The highest BCUT2D eigenvalue weighted by atomic mass is 16.8. The molecule has 2 aromatic carbocycles. The number of likely N-dealkylation sites (N-methyl/N-ethyl adjacent to an activating group) is 1. The zero-order valence-corrected chi connectivity index (χ0v) is 14.2. The Hall–Kier alpha value is -2.53. The van der Waals surface area contributed by atoms with Crippen molar-refractivity contribution in [2.45, 2.75) is 25.7 Å². The smallest absolute Gasteiger partial charge is 0.351 e. The van der Waals surface area contributed by atoms with Crippen molar-refractivity contribution in [1.29, 1.82) is 0 Å². The number of ether oxygens (including phenoxy) is 2. The summed E-state index contributed by atoms with van der Waals surface area (Å²) in [4.78, 5) is 12.6. The Morgan fingerprint density at radius 2 is 1.75 bits per heavy atom. The van der Waals surface area contributed by atoms with E-state index < -0.39 is 11.8 Å². The van der Waals surface area contributed by atoms with Gasteiger partial charge in [-0.25, -0.2) is 4.79 Å². The van der Waals surface area contributed by atoms with Crippen LogP contribution >= 0.6 is 0 Å². The molecule has 4 rings (SSSR count). The first-order chi connectivity index (χ1) is 11.2. The quantitative estimate of drug-likeness (QED) is 0.643. The topological polar surface area (TPSA) is 55.8 Å². The van der Waals surface area contributed by atoms with Gasteiger partial charge in [0, 0.05) is 19.4 Å². The summed E-state index contributed by atoms with van der Waals surface area (Å²) in [6.07, 6.45) is 0. The number of aliphatic hydroxyl groups excluding tert-OH is 1. The molecule has 124 valence electrons. The average molecular weight is 326 g/mol. The van der Waals surface area contributed by atoms with Crippen LogP contribution in [-0.2, 0) is 14.3 Å². The van der Waals surface area contributed by atoms with Crippen molar-refractivity contribution in [2.24, 2.45) is 0 Å². The molecule has 2 heterocycles. The predicted molar refractivity (Wildman–Crippen MR) is 91.2 cm³/mol. The number of carbonyl (C=O) groups excluding carboxylic acids is 1. The van der Waals surface area contributed by atoms with E-state index in [1.165, 1.54) is 0 Å². The lowest BCUT2D eigenvalue weighted by Crippen LogP contribution is -2.47. The van der Waals surface area contributed by atoms with Crippen molar-refractivity contribution < 1.29 is 19.4 Å². The van der Waals surface area contributed by atoms with E-state index in [0.29, 0.717) is 4.48 Å². The van der Waals surface area contributed by atoms with E-state index >= 15 is 0 Å². The van der Waals surface area contributed by atoms with Crippen LogP contribution in [0.4, 0.5) is 5.69 Å². The van der Waals surface area contributed by atoms with Gasteiger partial charge in [-0.1, -0.05) is 30.3 Å². The van der Waals surface area contributed by atoms with Gasteiger partial charge < -0.3 is 14.6 Å². The number of nitrogens with zero attached hydrogens (tertiary/aromatic N) is 1. The maximum absolute atomic E-state index is 12.6. The number of cyclic esters (lactones) is 1. The molecule has 0 aromatic heterocycles. The van der Waals surface area contributed by atoms with E-state index in [4.69, 9.17) is 9.47 Å². The van der Waals surface area contributed by atoms with E-state index in [0.717, 1.165) is 22.0 Å². The lowest BCUT2D eigenvalue weighted by molar-refractivity contribution is -0.223. The molecule has 0 radical (unpaired) electrons. The largest absolute Gasteiger partial charge is 0.480 e. The van der Waals surface area contributed by atoms with Crippen LogP contribution in [0.25, 0.3) is 10.8 Å². The molecule has 0 fully saturated rings. The average Bonchev–Trinajstić information content (AvgIpc) is 2.69. The highest BCUT2D eigenvalue weighted by molar-refractivity contribution is 6.02. The monoisotopic (exact) mass is 326 g/mol. The molecule has 0 bridgehead atoms. The molecule has 1 unspecified atom stereocenters. The Morgan fingerprint density at radius 1 is 1.08 bits per heavy atom. The second kappa shape index (κ2) is 4.51. The zero-order chi connectivity index (χ0) is 17.3. The Kier molecular flexibility index (Phi) is 2.82. The van der Waals surface area contributed by atoms with Gasteiger partial charge in [0.05, 0.1) is 19.5 Å². The Bertz CT molecular complexity index is 905. The van der Waals surface area contributed by atoms with Crippen LogP contribution in [0.1, 0.15) is 25.5 Å². The summed E-state index contributed by atoms with van der Waals surface area (Å²) in [5.74, 6) is -2.05. The fraction of sp³-hybridized carbons (Fsp3) is 0.316. The van der Waals surface area contributed by atoms with Crippen molar-refractivity contribution in [3.63, 3.8) is 0 Å². The lowest BCUT2D eigenvalue weighted by Gasteiger charge is -2.37. The zero-order valence-electron chi connectivity index (χ0n) is 14.2. The number of aliphatic hydroxyl groups is 1. The minimum Gasteiger partial charge on any atom is -0.480 e. The third-order valence-corrected chi connectivity index (χ3v) is 4.88. The molecule has 24 heavy (non-hydrogen) atoms. The van der Waals surface area contributed by atoms with E-state index in [1.54, 1.807) is 13.8 Å². The third-order valence-electron chi connectivity index (χ3n) is 4.88. The number of quaternary nitrogens is 1. The van der Waals surface area contributed by atoms with E-state index in [1.807, 2.05) is 32.3 Å². The van der Waals surface area contributed by atoms with Crippen molar-refractivity contribution in [3.05, 3.63) is 53.5 Å². The predicted octanol–water partition coefficient (Wildman–Crippen LogP) is 3.54. The third kappa shape index (κ3) is 1.88. The Morgan fingerprint density at radius 3 is 2.42 bits per heavy atom. The maximum Gasteiger partial charge on any atom is 0.351 e. The van der Waals surface area contributed by atoms with Gasteiger partial charge in [0.1, 0.15) is 5.69 Å². The van der Waals surface area contributed by atoms with Gasteiger partial charge in [-0.3, -0.25) is 4.48 Å². The summed E-state index contributed by atoms with van der Waals surface area (Å²) >= 11 is 0. The molecule has 2 aromatic rings. The summed E-state index contributed by atoms with van der Waals surface area (Å²) in [5.41, 5.74) is 2.27. The normalized spacial score (nSPS) is 24.0. The van der Waals surface area contributed by atoms with Gasteiger partial charge in [-0.05, 0) is 11.5 Å². The van der Waals surface area contributed by atoms with Crippen molar-refractivity contribution in [1.82, 2.24) is 4.48 Å². The number of esters is 1. The first-order valence-electron chi connectivity index (χ1n) is 7.94. The molecule has 5 nitrogen and oxygen atoms in total. The number of hydrogen-bond acceptors (Lipinski definition) is 4.